The molecule has 0 amide bonds. The van der Waals surface area contributed by atoms with Gasteiger partial charge in [0.1, 0.15) is 12.4 Å². The van der Waals surface area contributed by atoms with E-state index in [2.05, 4.69) is 37.0 Å². The van der Waals surface area contributed by atoms with Crippen LogP contribution in [0.3, 0.4) is 0 Å². The molecule has 158 valence electrons. The predicted molar refractivity (Wildman–Crippen MR) is 99.3 cm³/mol. The summed E-state index contributed by atoms with van der Waals surface area (Å²) in [5.41, 5.74) is 1.56. The molecule has 29 heavy (non-hydrogen) atoms. The van der Waals surface area contributed by atoms with E-state index >= 15 is 0 Å². The van der Waals surface area contributed by atoms with Gasteiger partial charge in [-0.25, -0.2) is 5.43 Å². The lowest BCUT2D eigenvalue weighted by atomic mass is 10.2. The molecule has 0 aliphatic heterocycles. The van der Waals surface area contributed by atoms with Gasteiger partial charge in [-0.3, -0.25) is 0 Å². The van der Waals surface area contributed by atoms with Crippen molar-refractivity contribution in [1.29, 1.82) is 0 Å². The van der Waals surface area contributed by atoms with E-state index in [-0.39, 0.29) is 12.2 Å². The number of hydrogen-bond acceptors (Lipinski definition) is 3. The molecule has 2 rings (SSSR count). The molecule has 0 atom stereocenters. The molecular weight excluding hydrogens is 541 g/mol. The van der Waals surface area contributed by atoms with Crippen LogP contribution >= 0.6 is 31.9 Å². The number of hydrazone groups is 1. The molecule has 2 aromatic carbocycles. The Labute approximate surface area is 177 Å². The monoisotopic (exact) mass is 550 g/mol. The minimum atomic E-state index is -6.44. The quantitative estimate of drug-likeness (QED) is 0.184. The smallest absolute Gasteiger partial charge is 0.462 e. The molecule has 0 radical (unpaired) electrons. The standard InChI is InChI=1S/C17H11Br2F7N2O/c18-12-6-11(8-27-28-17(25,26)15(20,21)16(22,23)24)7-13(19)14(12)29-9-10-4-2-1-3-5-10/h1-8,28H,9H2/b27-8+. The highest BCUT2D eigenvalue weighted by atomic mass is 79.9. The molecule has 12 heteroatoms. The number of ether oxygens (including phenoxy) is 1. The van der Waals surface area contributed by atoms with Gasteiger partial charge in [-0.1, -0.05) is 30.3 Å². The zero-order valence-electron chi connectivity index (χ0n) is 14.1. The van der Waals surface area contributed by atoms with E-state index in [0.29, 0.717) is 26.3 Å². The van der Waals surface area contributed by atoms with Crippen molar-refractivity contribution < 1.29 is 35.5 Å². The maximum atomic E-state index is 13.2. The van der Waals surface area contributed by atoms with E-state index in [9.17, 15) is 30.7 Å². The van der Waals surface area contributed by atoms with Crippen LogP contribution in [0.15, 0.2) is 56.5 Å². The maximum Gasteiger partial charge on any atom is 0.462 e. The highest BCUT2D eigenvalue weighted by Crippen LogP contribution is 2.45. The minimum Gasteiger partial charge on any atom is -0.487 e. The van der Waals surface area contributed by atoms with E-state index in [1.807, 2.05) is 30.3 Å². The van der Waals surface area contributed by atoms with Gasteiger partial charge < -0.3 is 4.74 Å². The van der Waals surface area contributed by atoms with Gasteiger partial charge in [0.2, 0.25) is 0 Å². The third-order valence-corrected chi connectivity index (χ3v) is 4.59. The molecule has 0 saturated carbocycles. The van der Waals surface area contributed by atoms with Crippen LogP contribution in [-0.4, -0.2) is 24.4 Å². The largest absolute Gasteiger partial charge is 0.487 e. The number of nitrogens with one attached hydrogen (secondary N) is 1. The van der Waals surface area contributed by atoms with Crippen LogP contribution in [0, 0.1) is 0 Å². The summed E-state index contributed by atoms with van der Waals surface area (Å²) in [6.45, 7) is 0.228. The van der Waals surface area contributed by atoms with Gasteiger partial charge in [0, 0.05) is 0 Å². The van der Waals surface area contributed by atoms with Crippen LogP contribution in [0.5, 0.6) is 5.75 Å². The van der Waals surface area contributed by atoms with E-state index in [1.54, 1.807) is 0 Å². The molecule has 0 unspecified atom stereocenters. The Balaban J connectivity index is 2.10. The van der Waals surface area contributed by atoms with Crippen LogP contribution in [0.2, 0.25) is 0 Å². The molecular formula is C17H11Br2F7N2O. The number of alkyl halides is 7. The second-order valence-corrected chi connectivity index (χ2v) is 7.31. The highest BCUT2D eigenvalue weighted by Gasteiger charge is 2.73. The van der Waals surface area contributed by atoms with Crippen molar-refractivity contribution in [1.82, 2.24) is 5.43 Å². The van der Waals surface area contributed by atoms with E-state index in [1.165, 1.54) is 12.1 Å². The number of hydrogen-bond donors (Lipinski definition) is 1. The van der Waals surface area contributed by atoms with Gasteiger partial charge in [-0.2, -0.15) is 35.8 Å². The number of halogens is 9. The third kappa shape index (κ3) is 5.62. The summed E-state index contributed by atoms with van der Waals surface area (Å²) >= 11 is 6.41. The van der Waals surface area contributed by atoms with Crippen molar-refractivity contribution in [3.8, 4) is 5.75 Å². The Hall–Kier alpha value is -1.82. The number of nitrogens with zero attached hydrogens (tertiary/aromatic N) is 1. The molecule has 0 fully saturated rings. The van der Waals surface area contributed by atoms with Crippen LogP contribution in [0.25, 0.3) is 0 Å². The van der Waals surface area contributed by atoms with Gasteiger partial charge in [-0.15, -0.1) is 0 Å². The second kappa shape index (κ2) is 8.90. The third-order valence-electron chi connectivity index (χ3n) is 3.42. The maximum absolute atomic E-state index is 13.2. The SMILES string of the molecule is FC(F)(F)C(F)(F)C(F)(F)N/N=C/c1cc(Br)c(OCc2ccccc2)c(Br)c1. The molecule has 3 nitrogen and oxygen atoms in total. The first-order valence-electron chi connectivity index (χ1n) is 7.63. The molecule has 0 bridgehead atoms. The molecule has 0 spiro atoms. The fourth-order valence-corrected chi connectivity index (χ4v) is 3.41. The van der Waals surface area contributed by atoms with Crippen molar-refractivity contribution in [2.75, 3.05) is 0 Å². The Morgan fingerprint density at radius 2 is 1.48 bits per heavy atom. The summed E-state index contributed by atoms with van der Waals surface area (Å²) in [5, 5.41) is 2.81. The minimum absolute atomic E-state index is 0.120. The summed E-state index contributed by atoms with van der Waals surface area (Å²) in [5.74, 6) is -5.93. The first-order valence-corrected chi connectivity index (χ1v) is 9.22. The highest BCUT2D eigenvalue weighted by molar-refractivity contribution is 9.11. The molecule has 0 aliphatic carbocycles. The predicted octanol–water partition coefficient (Wildman–Crippen LogP) is 6.50. The van der Waals surface area contributed by atoms with Crippen molar-refractivity contribution in [2.45, 2.75) is 24.8 Å². The average Bonchev–Trinajstić information content (AvgIpc) is 2.60. The van der Waals surface area contributed by atoms with Gasteiger partial charge in [-0.05, 0) is 55.1 Å². The zero-order chi connectivity index (χ0) is 21.9. The van der Waals surface area contributed by atoms with Gasteiger partial charge >= 0.3 is 18.1 Å². The number of rotatable bonds is 7. The lowest BCUT2D eigenvalue weighted by Crippen LogP contribution is -2.58. The first kappa shape index (κ1) is 23.5. The van der Waals surface area contributed by atoms with Crippen LogP contribution in [0.4, 0.5) is 30.7 Å². The van der Waals surface area contributed by atoms with Crippen LogP contribution < -0.4 is 10.2 Å². The van der Waals surface area contributed by atoms with Crippen molar-refractivity contribution >= 4 is 38.1 Å². The lowest BCUT2D eigenvalue weighted by Gasteiger charge is -2.27. The van der Waals surface area contributed by atoms with Crippen LogP contribution in [-0.2, 0) is 6.61 Å². The van der Waals surface area contributed by atoms with E-state index in [4.69, 9.17) is 4.74 Å². The average molecular weight is 552 g/mol. The van der Waals surface area contributed by atoms with E-state index < -0.39 is 18.1 Å². The van der Waals surface area contributed by atoms with Crippen molar-refractivity contribution in [2.24, 2.45) is 5.10 Å². The fourth-order valence-electron chi connectivity index (χ4n) is 1.96. The summed E-state index contributed by atoms with van der Waals surface area (Å²) in [6.07, 6.45) is -5.78. The fraction of sp³-hybridized carbons (Fsp3) is 0.235. The Bertz CT molecular complexity index is 851. The molecule has 0 aliphatic rings. The molecule has 0 saturated heterocycles. The first-order chi connectivity index (χ1) is 13.3. The Morgan fingerprint density at radius 1 is 0.931 bits per heavy atom. The molecule has 0 heterocycles. The van der Waals surface area contributed by atoms with Gasteiger partial charge in [0.25, 0.3) is 0 Å². The molecule has 2 aromatic rings. The second-order valence-electron chi connectivity index (χ2n) is 5.60. The van der Waals surface area contributed by atoms with Gasteiger partial charge in [0.05, 0.1) is 15.2 Å². The normalized spacial score (nSPS) is 13.0. The lowest BCUT2D eigenvalue weighted by molar-refractivity contribution is -0.361. The summed E-state index contributed by atoms with van der Waals surface area (Å²) in [7, 11) is 0. The molecule has 0 aromatic heterocycles. The van der Waals surface area contributed by atoms with Crippen LogP contribution in [0.1, 0.15) is 11.1 Å². The van der Waals surface area contributed by atoms with E-state index in [0.717, 1.165) is 5.56 Å². The summed E-state index contributed by atoms with van der Waals surface area (Å²) in [4.78, 5) is 0. The van der Waals surface area contributed by atoms with Crippen molar-refractivity contribution in [3.63, 3.8) is 0 Å². The number of benzene rings is 2. The van der Waals surface area contributed by atoms with Gasteiger partial charge in [0.15, 0.2) is 0 Å². The van der Waals surface area contributed by atoms with Crippen molar-refractivity contribution in [3.05, 3.63) is 62.5 Å². The topological polar surface area (TPSA) is 33.6 Å². The molecule has 1 N–H and O–H groups in total. The Morgan fingerprint density at radius 3 is 2.00 bits per heavy atom. The Kier molecular flexibility index (Phi) is 7.20. The summed E-state index contributed by atoms with van der Waals surface area (Å²) in [6, 6.07) is 6.25. The summed E-state index contributed by atoms with van der Waals surface area (Å²) < 4.78 is 94.5. The zero-order valence-corrected chi connectivity index (χ0v) is 17.3.